The number of aromatic amines is 1. The van der Waals surface area contributed by atoms with Crippen molar-refractivity contribution in [1.29, 1.82) is 0 Å². The monoisotopic (exact) mass is 1030 g/mol. The maximum Gasteiger partial charge on any atom is 0.472 e. The van der Waals surface area contributed by atoms with Gasteiger partial charge in [-0.2, -0.15) is 12.6 Å². The van der Waals surface area contributed by atoms with Crippen molar-refractivity contribution in [2.24, 2.45) is 17.4 Å². The summed E-state index contributed by atoms with van der Waals surface area (Å²) in [4.78, 5) is 111. The van der Waals surface area contributed by atoms with Gasteiger partial charge >= 0.3 is 7.82 Å². The van der Waals surface area contributed by atoms with Crippen molar-refractivity contribution in [1.82, 2.24) is 41.5 Å². The van der Waals surface area contributed by atoms with Crippen LogP contribution in [0.15, 0.2) is 42.9 Å². The van der Waals surface area contributed by atoms with Crippen molar-refractivity contribution in [3.05, 3.63) is 54.1 Å². The zero-order chi connectivity index (χ0) is 51.6. The molecule has 70 heavy (non-hydrogen) atoms. The summed E-state index contributed by atoms with van der Waals surface area (Å²) in [5.74, 6) is -5.13. The van der Waals surface area contributed by atoms with Crippen molar-refractivity contribution in [2.45, 2.75) is 114 Å². The lowest BCUT2D eigenvalue weighted by atomic mass is 10.0. The summed E-state index contributed by atoms with van der Waals surface area (Å²) in [6, 6.07) is 1.98. The number of aryl methyl sites for hydroxylation is 1. The minimum atomic E-state index is -4.75. The Bertz CT molecular complexity index is 2010. The van der Waals surface area contributed by atoms with Crippen LogP contribution in [0.2, 0.25) is 0 Å². The van der Waals surface area contributed by atoms with Gasteiger partial charge in [0.15, 0.2) is 0 Å². The molecule has 12 N–H and O–H groups in total. The highest BCUT2D eigenvalue weighted by molar-refractivity contribution is 7.80. The number of phosphoric acid groups is 1. The average Bonchev–Trinajstić information content (AvgIpc) is 4.04. The lowest BCUT2D eigenvalue weighted by Gasteiger charge is -2.29. The van der Waals surface area contributed by atoms with Crippen molar-refractivity contribution in [2.75, 3.05) is 58.5 Å². The summed E-state index contributed by atoms with van der Waals surface area (Å²) in [6.45, 7) is 5.00. The number of benzene rings is 1. The van der Waals surface area contributed by atoms with Crippen LogP contribution in [0.1, 0.15) is 70.6 Å². The number of imidazole rings is 1. The van der Waals surface area contributed by atoms with Crippen LogP contribution in [0.3, 0.4) is 0 Å². The van der Waals surface area contributed by atoms with E-state index >= 15 is 0 Å². The van der Waals surface area contributed by atoms with Gasteiger partial charge in [0.05, 0.1) is 64.5 Å². The Hall–Kier alpha value is -4.98. The molecule has 2 aromatic rings. The van der Waals surface area contributed by atoms with Gasteiger partial charge in [-0.05, 0) is 56.9 Å². The van der Waals surface area contributed by atoms with Crippen LogP contribution >= 0.6 is 20.5 Å². The van der Waals surface area contributed by atoms with E-state index in [2.05, 4.69) is 49.2 Å². The van der Waals surface area contributed by atoms with Gasteiger partial charge < -0.3 is 67.4 Å². The molecule has 1 fully saturated rings. The highest BCUT2D eigenvalue weighted by Crippen LogP contribution is 2.45. The molecule has 0 spiro atoms. The first-order valence-electron chi connectivity index (χ1n) is 23.2. The summed E-state index contributed by atoms with van der Waals surface area (Å²) in [6.07, 6.45) is 3.84. The lowest BCUT2D eigenvalue weighted by Crippen LogP contribution is -2.61. The smallest absolute Gasteiger partial charge is 0.394 e. The highest BCUT2D eigenvalue weighted by Gasteiger charge is 2.38. The number of H-pyrrole nitrogens is 1. The van der Waals surface area contributed by atoms with Crippen LogP contribution in [0.5, 0.6) is 0 Å². The van der Waals surface area contributed by atoms with E-state index in [9.17, 15) is 48.1 Å². The molecule has 1 aliphatic heterocycles. The van der Waals surface area contributed by atoms with Gasteiger partial charge in [0, 0.05) is 37.2 Å². The van der Waals surface area contributed by atoms with E-state index < -0.39 is 86.3 Å². The number of carbonyl (C=O) groups is 7. The van der Waals surface area contributed by atoms with Crippen LogP contribution in [-0.4, -0.2) is 167 Å². The molecule has 0 saturated carbocycles. The largest absolute Gasteiger partial charge is 0.472 e. The number of aromatic nitrogens is 2. The molecular weight excluding hydrogens is 956 g/mol. The van der Waals surface area contributed by atoms with E-state index in [4.69, 9.17) is 30.0 Å². The van der Waals surface area contributed by atoms with Crippen molar-refractivity contribution < 1.29 is 66.6 Å². The van der Waals surface area contributed by atoms with E-state index in [0.717, 1.165) is 5.56 Å². The summed E-state index contributed by atoms with van der Waals surface area (Å²) in [5, 5.41) is 22.8. The molecule has 0 aliphatic carbocycles. The first-order chi connectivity index (χ1) is 33.3. The SMILES string of the molecule is CC(C)C[C@H](NC(=O)[C@@H]1CCCN1C(=O)CCOCCOCCNC(=O)[C@@H](N)CS)C(=O)N[C@@H](Cc1cnc[nH]1)C(=O)N[C@@H](CO)C(=O)N[C@H](C(N)=O)[C@@H](C)OP(=O)(O)OCCCCc1ccccc1. The van der Waals surface area contributed by atoms with Crippen LogP contribution in [0.25, 0.3) is 0 Å². The fourth-order valence-electron chi connectivity index (χ4n) is 7.19. The number of rotatable bonds is 34. The predicted octanol–water partition coefficient (Wildman–Crippen LogP) is -1.25. The molecule has 0 radical (unpaired) electrons. The lowest BCUT2D eigenvalue weighted by molar-refractivity contribution is -0.140. The van der Waals surface area contributed by atoms with Crippen molar-refractivity contribution in [3.63, 3.8) is 0 Å². The van der Waals surface area contributed by atoms with E-state index in [-0.39, 0.29) is 82.3 Å². The molecule has 1 saturated heterocycles. The van der Waals surface area contributed by atoms with Crippen LogP contribution in [-0.2, 0) is 69.5 Å². The van der Waals surface area contributed by atoms with Crippen LogP contribution < -0.4 is 38.1 Å². The standard InChI is InChI=1S/C44H71N10O14PS/c1-28(2)22-33(51-44(62)36-13-9-16-54(36)37(56)14-18-65-20-21-66-19-15-48-40(58)32(45)26-70)41(59)50-34(23-31-24-47-27-49-31)42(60)52-35(25-55)43(61)53-38(39(46)57)29(3)68-69(63,64)67-17-8-7-12-30-10-5-4-6-11-30/h4-6,10-11,24,27-29,32-36,38,55,70H,7-9,12-23,25-26,45H2,1-3H3,(H2,46,57)(H,47,49)(H,48,58)(H,50,59)(H,51,62)(H,52,60)(H,53,61)(H,63,64)/t29-,32+,33+,34+,35+,36+,38+/m1/s1. The van der Waals surface area contributed by atoms with Gasteiger partial charge in [0.25, 0.3) is 0 Å². The number of aliphatic hydroxyl groups is 1. The molecule has 3 rings (SSSR count). The number of primary amides is 1. The normalized spacial score (nSPS) is 17.0. The zero-order valence-corrected chi connectivity index (χ0v) is 41.7. The molecule has 24 nitrogen and oxygen atoms in total. The third-order valence-corrected chi connectivity index (χ3v) is 12.4. The second kappa shape index (κ2) is 31.4. The number of aliphatic hydroxyl groups excluding tert-OH is 1. The first kappa shape index (κ1) is 59.3. The van der Waals surface area contributed by atoms with E-state index in [0.29, 0.717) is 44.3 Å². The van der Waals surface area contributed by atoms with Gasteiger partial charge in [-0.3, -0.25) is 42.6 Å². The van der Waals surface area contributed by atoms with E-state index in [1.807, 2.05) is 44.2 Å². The van der Waals surface area contributed by atoms with Gasteiger partial charge in [0.1, 0.15) is 30.2 Å². The maximum atomic E-state index is 14.0. The Balaban J connectivity index is 1.58. The molecule has 0 bridgehead atoms. The summed E-state index contributed by atoms with van der Waals surface area (Å²) in [5.41, 5.74) is 12.6. The predicted molar refractivity (Wildman–Crippen MR) is 257 cm³/mol. The fourth-order valence-corrected chi connectivity index (χ4v) is 8.32. The molecular formula is C44H71N10O14PS. The Morgan fingerprint density at radius 1 is 0.900 bits per heavy atom. The second-order valence-electron chi connectivity index (χ2n) is 17.0. The number of nitrogens with two attached hydrogens (primary N) is 2. The molecule has 26 heteroatoms. The number of unbranched alkanes of at least 4 members (excludes halogenated alkanes) is 1. The molecule has 1 aromatic carbocycles. The molecule has 2 heterocycles. The summed E-state index contributed by atoms with van der Waals surface area (Å²) < 4.78 is 33.9. The number of thiol groups is 1. The third-order valence-electron chi connectivity index (χ3n) is 10.9. The minimum Gasteiger partial charge on any atom is -0.394 e. The van der Waals surface area contributed by atoms with E-state index in [1.165, 1.54) is 24.3 Å². The highest BCUT2D eigenvalue weighted by atomic mass is 32.1. The number of nitrogens with one attached hydrogen (secondary N) is 6. The maximum absolute atomic E-state index is 14.0. The minimum absolute atomic E-state index is 0.0134. The molecule has 392 valence electrons. The van der Waals surface area contributed by atoms with Crippen LogP contribution in [0.4, 0.5) is 0 Å². The number of nitrogens with zero attached hydrogens (tertiary/aromatic N) is 2. The number of carbonyl (C=O) groups excluding carboxylic acids is 7. The Labute approximate surface area is 413 Å². The second-order valence-corrected chi connectivity index (χ2v) is 18.8. The molecule has 1 unspecified atom stereocenters. The van der Waals surface area contributed by atoms with Gasteiger partial charge in [0.2, 0.25) is 41.4 Å². The summed E-state index contributed by atoms with van der Waals surface area (Å²) >= 11 is 3.98. The number of ether oxygens (including phenoxy) is 2. The number of likely N-dealkylation sites (tertiary alicyclic amines) is 1. The molecule has 1 aromatic heterocycles. The first-order valence-corrected chi connectivity index (χ1v) is 25.4. The Morgan fingerprint density at radius 3 is 2.21 bits per heavy atom. The topological polar surface area (TPSA) is 358 Å². The van der Waals surface area contributed by atoms with Crippen molar-refractivity contribution in [3.8, 4) is 0 Å². The number of phosphoric ester groups is 1. The molecule has 1 aliphatic rings. The van der Waals surface area contributed by atoms with Crippen LogP contribution in [0, 0.1) is 5.92 Å². The fraction of sp³-hybridized carbons (Fsp3) is 0.636. The van der Waals surface area contributed by atoms with Crippen molar-refractivity contribution >= 4 is 61.8 Å². The molecule has 8 atom stereocenters. The van der Waals surface area contributed by atoms with E-state index in [1.54, 1.807) is 0 Å². The Morgan fingerprint density at radius 2 is 1.57 bits per heavy atom. The average molecular weight is 1030 g/mol. The Kier molecular flexibility index (Phi) is 26.6. The quantitative estimate of drug-likeness (QED) is 0.0222. The number of hydrogen-bond donors (Lipinski definition) is 11. The zero-order valence-electron chi connectivity index (χ0n) is 39.9. The molecule has 7 amide bonds. The van der Waals surface area contributed by atoms with Gasteiger partial charge in [-0.15, -0.1) is 0 Å². The van der Waals surface area contributed by atoms with Gasteiger partial charge in [-0.25, -0.2) is 9.55 Å². The van der Waals surface area contributed by atoms with Gasteiger partial charge in [-0.1, -0.05) is 44.2 Å². The number of amides is 7. The summed E-state index contributed by atoms with van der Waals surface area (Å²) in [7, 11) is -4.75. The number of hydrogen-bond acceptors (Lipinski definition) is 16. The third kappa shape index (κ3) is 21.6.